The molecule has 0 spiro atoms. The topological polar surface area (TPSA) is 43.4 Å². The third-order valence-corrected chi connectivity index (χ3v) is 5.18. The second-order valence-corrected chi connectivity index (χ2v) is 7.47. The van der Waals surface area contributed by atoms with Crippen molar-refractivity contribution in [1.29, 1.82) is 0 Å². The summed E-state index contributed by atoms with van der Waals surface area (Å²) in [5, 5.41) is 0. The van der Waals surface area contributed by atoms with Gasteiger partial charge in [0.2, 0.25) is 0 Å². The van der Waals surface area contributed by atoms with E-state index in [0.29, 0.717) is 18.4 Å². The number of esters is 1. The van der Waals surface area contributed by atoms with Gasteiger partial charge in [0.25, 0.3) is 0 Å². The fourth-order valence-electron chi connectivity index (χ4n) is 3.50. The summed E-state index contributed by atoms with van der Waals surface area (Å²) < 4.78 is 5.39. The maximum atomic E-state index is 13.7. The number of allylic oxidation sites excluding steroid dienone is 2. The first-order valence-electron chi connectivity index (χ1n) is 10.9. The van der Waals surface area contributed by atoms with Gasteiger partial charge >= 0.3 is 5.97 Å². The van der Waals surface area contributed by atoms with Gasteiger partial charge in [0.1, 0.15) is 0 Å². The fraction of sp³-hybridized carbons (Fsp3) is 0.172. The zero-order valence-electron chi connectivity index (χ0n) is 18.3. The Morgan fingerprint density at radius 2 is 1.16 bits per heavy atom. The molecule has 0 fully saturated rings. The molecule has 0 atom stereocenters. The number of hydrogen-bond donors (Lipinski definition) is 0. The Bertz CT molecular complexity index is 1000. The Hall–Kier alpha value is -3.72. The molecule has 0 saturated carbocycles. The molecule has 0 aliphatic carbocycles. The van der Waals surface area contributed by atoms with Crippen LogP contribution in [0.1, 0.15) is 28.4 Å². The lowest BCUT2D eigenvalue weighted by molar-refractivity contribution is -0.147. The number of carbonyl (C=O) groups excluding carboxylic acids is 2. The monoisotopic (exact) mass is 424 g/mol. The minimum atomic E-state index is -1.53. The van der Waals surface area contributed by atoms with Gasteiger partial charge in [-0.25, -0.2) is 0 Å². The lowest BCUT2D eigenvalue weighted by Gasteiger charge is -2.24. The van der Waals surface area contributed by atoms with Crippen LogP contribution < -0.4 is 0 Å². The minimum Gasteiger partial charge on any atom is -0.465 e. The third kappa shape index (κ3) is 5.92. The van der Waals surface area contributed by atoms with E-state index in [2.05, 4.69) is 0 Å². The first-order valence-corrected chi connectivity index (χ1v) is 10.9. The Balaban J connectivity index is 1.99. The summed E-state index contributed by atoms with van der Waals surface area (Å²) in [5.41, 5.74) is 1.14. The molecule has 32 heavy (non-hydrogen) atoms. The summed E-state index contributed by atoms with van der Waals surface area (Å²) in [7, 11) is 0. The van der Waals surface area contributed by atoms with E-state index in [1.54, 1.807) is 43.3 Å². The summed E-state index contributed by atoms with van der Waals surface area (Å²) in [6.45, 7) is 1.94. The normalized spacial score (nSPS) is 11.7. The molecule has 0 bridgehead atoms. The molecule has 0 heterocycles. The van der Waals surface area contributed by atoms with Crippen LogP contribution in [0.15, 0.2) is 115 Å². The maximum Gasteiger partial charge on any atom is 0.327 e. The zero-order valence-corrected chi connectivity index (χ0v) is 18.3. The van der Waals surface area contributed by atoms with Crippen LogP contribution in [0.25, 0.3) is 0 Å². The Morgan fingerprint density at radius 3 is 1.59 bits per heavy atom. The van der Waals surface area contributed by atoms with Crippen molar-refractivity contribution in [1.82, 2.24) is 0 Å². The van der Waals surface area contributed by atoms with E-state index in [1.165, 1.54) is 0 Å². The van der Waals surface area contributed by atoms with E-state index in [-0.39, 0.29) is 12.4 Å². The summed E-state index contributed by atoms with van der Waals surface area (Å²) in [6, 6.07) is 28.7. The molecule has 162 valence electrons. The molecule has 0 N–H and O–H groups in total. The average molecular weight is 425 g/mol. The van der Waals surface area contributed by atoms with Crippen molar-refractivity contribution in [2.75, 3.05) is 6.61 Å². The highest BCUT2D eigenvalue weighted by molar-refractivity contribution is 6.15. The summed E-state index contributed by atoms with van der Waals surface area (Å²) >= 11 is 0. The Kier molecular flexibility index (Phi) is 8.33. The zero-order chi connectivity index (χ0) is 22.7. The molecule has 3 heteroatoms. The number of rotatable bonds is 10. The molecular formula is C29H28O3. The van der Waals surface area contributed by atoms with Crippen molar-refractivity contribution in [3.05, 3.63) is 132 Å². The van der Waals surface area contributed by atoms with Gasteiger partial charge < -0.3 is 4.74 Å². The average Bonchev–Trinajstić information content (AvgIpc) is 2.84. The van der Waals surface area contributed by atoms with Crippen LogP contribution in [0.4, 0.5) is 0 Å². The minimum absolute atomic E-state index is 0.196. The van der Waals surface area contributed by atoms with Crippen molar-refractivity contribution in [3.63, 3.8) is 0 Å². The van der Waals surface area contributed by atoms with Crippen molar-refractivity contribution in [3.8, 4) is 0 Å². The molecule has 0 unspecified atom stereocenters. The quantitative estimate of drug-likeness (QED) is 0.173. The van der Waals surface area contributed by atoms with Crippen LogP contribution in [0.3, 0.4) is 0 Å². The number of Topliss-reactive ketones (excluding diaryl/α,β-unsaturated/α-hetero) is 1. The molecule has 3 rings (SSSR count). The molecule has 0 saturated heterocycles. The molecule has 0 aliphatic heterocycles. The van der Waals surface area contributed by atoms with Crippen molar-refractivity contribution < 1.29 is 14.3 Å². The summed E-state index contributed by atoms with van der Waals surface area (Å²) in [6.07, 6.45) is 8.34. The van der Waals surface area contributed by atoms with Crippen LogP contribution in [-0.4, -0.2) is 18.4 Å². The number of ketones is 1. The van der Waals surface area contributed by atoms with Crippen molar-refractivity contribution in [2.24, 2.45) is 5.41 Å². The standard InChI is InChI=1S/C29H28O3/c1-2-32-28(31)29(27(30)26-20-10-5-11-21-26,22-12-18-24-14-6-3-7-15-24)23-13-19-25-16-8-4-9-17-25/h3-17,20-23H,2,18-19H2,1H3/b22-12+,23-13+. The van der Waals surface area contributed by atoms with Gasteiger partial charge in [0.15, 0.2) is 11.2 Å². The Labute approximate surface area is 190 Å². The molecular weight excluding hydrogens is 396 g/mol. The van der Waals surface area contributed by atoms with E-state index in [0.717, 1.165) is 11.1 Å². The largest absolute Gasteiger partial charge is 0.465 e. The number of benzene rings is 3. The van der Waals surface area contributed by atoms with Crippen LogP contribution >= 0.6 is 0 Å². The van der Waals surface area contributed by atoms with E-state index in [9.17, 15) is 9.59 Å². The summed E-state index contributed by atoms with van der Waals surface area (Å²) in [5.74, 6) is -0.868. The molecule has 3 aromatic carbocycles. The number of hydrogen-bond acceptors (Lipinski definition) is 3. The second kappa shape index (κ2) is 11.6. The highest BCUT2D eigenvalue weighted by Gasteiger charge is 2.43. The van der Waals surface area contributed by atoms with Gasteiger partial charge in [0, 0.05) is 5.56 Å². The highest BCUT2D eigenvalue weighted by atomic mass is 16.5. The predicted octanol–water partition coefficient (Wildman–Crippen LogP) is 6.02. The molecule has 0 amide bonds. The first kappa shape index (κ1) is 23.0. The van der Waals surface area contributed by atoms with Crippen LogP contribution in [-0.2, 0) is 22.4 Å². The molecule has 0 radical (unpaired) electrons. The number of carbonyl (C=O) groups is 2. The van der Waals surface area contributed by atoms with Crippen LogP contribution in [0, 0.1) is 5.41 Å². The van der Waals surface area contributed by atoms with E-state index in [1.807, 2.05) is 78.9 Å². The van der Waals surface area contributed by atoms with E-state index in [4.69, 9.17) is 4.74 Å². The lowest BCUT2D eigenvalue weighted by atomic mass is 9.78. The lowest BCUT2D eigenvalue weighted by Crippen LogP contribution is -2.37. The fourth-order valence-corrected chi connectivity index (χ4v) is 3.50. The maximum absolute atomic E-state index is 13.7. The molecule has 0 aromatic heterocycles. The second-order valence-electron chi connectivity index (χ2n) is 7.47. The van der Waals surface area contributed by atoms with Gasteiger partial charge in [-0.05, 0) is 30.9 Å². The van der Waals surface area contributed by atoms with Gasteiger partial charge in [-0.1, -0.05) is 115 Å². The van der Waals surface area contributed by atoms with Crippen LogP contribution in [0.5, 0.6) is 0 Å². The van der Waals surface area contributed by atoms with E-state index >= 15 is 0 Å². The molecule has 3 aromatic rings. The molecule has 3 nitrogen and oxygen atoms in total. The summed E-state index contributed by atoms with van der Waals surface area (Å²) in [4.78, 5) is 26.9. The predicted molar refractivity (Wildman–Crippen MR) is 128 cm³/mol. The van der Waals surface area contributed by atoms with Gasteiger partial charge in [0.05, 0.1) is 6.61 Å². The van der Waals surface area contributed by atoms with E-state index < -0.39 is 11.4 Å². The van der Waals surface area contributed by atoms with Crippen molar-refractivity contribution in [2.45, 2.75) is 19.8 Å². The van der Waals surface area contributed by atoms with Crippen LogP contribution in [0.2, 0.25) is 0 Å². The first-order chi connectivity index (χ1) is 15.7. The molecule has 0 aliphatic rings. The van der Waals surface area contributed by atoms with Gasteiger partial charge in [-0.2, -0.15) is 0 Å². The smallest absolute Gasteiger partial charge is 0.327 e. The Morgan fingerprint density at radius 1 is 0.719 bits per heavy atom. The third-order valence-electron chi connectivity index (χ3n) is 5.18. The van der Waals surface area contributed by atoms with Gasteiger partial charge in [-0.3, -0.25) is 9.59 Å². The number of ether oxygens (including phenoxy) is 1. The van der Waals surface area contributed by atoms with Crippen molar-refractivity contribution >= 4 is 11.8 Å². The SMILES string of the molecule is CCOC(=O)C(/C=C/Cc1ccccc1)(/C=C/Cc1ccccc1)C(=O)c1ccccc1. The highest BCUT2D eigenvalue weighted by Crippen LogP contribution is 2.30. The van der Waals surface area contributed by atoms with Gasteiger partial charge in [-0.15, -0.1) is 0 Å².